The van der Waals surface area contributed by atoms with Gasteiger partial charge in [-0.25, -0.2) is 0 Å². The Balaban J connectivity index is 1.99. The zero-order valence-electron chi connectivity index (χ0n) is 12.9. The van der Waals surface area contributed by atoms with E-state index in [9.17, 15) is 0 Å². The Morgan fingerprint density at radius 2 is 1.74 bits per heavy atom. The molecule has 0 amide bonds. The number of rotatable bonds is 1. The van der Waals surface area contributed by atoms with Crippen molar-refractivity contribution in [1.29, 1.82) is 0 Å². The first-order valence-corrected chi connectivity index (χ1v) is 8.20. The number of hydrogen-bond donors (Lipinski definition) is 0. The van der Waals surface area contributed by atoms with Crippen molar-refractivity contribution < 1.29 is 0 Å². The summed E-state index contributed by atoms with van der Waals surface area (Å²) in [6.45, 7) is 9.57. The lowest BCUT2D eigenvalue weighted by molar-refractivity contribution is 0.145. The largest absolute Gasteiger partial charge is 0.0622 e. The second-order valence-electron chi connectivity index (χ2n) is 7.37. The zero-order chi connectivity index (χ0) is 13.6. The van der Waals surface area contributed by atoms with Gasteiger partial charge in [0.2, 0.25) is 0 Å². The van der Waals surface area contributed by atoms with E-state index in [4.69, 9.17) is 0 Å². The minimum absolute atomic E-state index is 0.658. The Morgan fingerprint density at radius 3 is 2.47 bits per heavy atom. The number of benzene rings is 1. The molecule has 2 aliphatic rings. The maximum absolute atomic E-state index is 2.50. The minimum atomic E-state index is 0.658. The standard InChI is InChI=1S/C19H28/c1-12(2)15-7-10-18-16(11-15)8-9-17-13(3)5-6-14(4)19(17)18/h7,10-14,17,19H,5-6,8-9H2,1-4H3/t13?,14-,17+,19-/m0/s1. The first-order chi connectivity index (χ1) is 9.08. The molecule has 0 bridgehead atoms. The van der Waals surface area contributed by atoms with Gasteiger partial charge in [0, 0.05) is 0 Å². The number of hydrogen-bond acceptors (Lipinski definition) is 0. The van der Waals surface area contributed by atoms with Crippen LogP contribution < -0.4 is 0 Å². The molecule has 1 fully saturated rings. The van der Waals surface area contributed by atoms with E-state index in [0.29, 0.717) is 5.92 Å². The second kappa shape index (κ2) is 4.96. The molecule has 2 aliphatic carbocycles. The molecule has 0 spiro atoms. The van der Waals surface area contributed by atoms with E-state index in [1.807, 2.05) is 0 Å². The molecule has 19 heavy (non-hydrogen) atoms. The van der Waals surface area contributed by atoms with Gasteiger partial charge in [0.25, 0.3) is 0 Å². The van der Waals surface area contributed by atoms with Crippen LogP contribution in [0.3, 0.4) is 0 Å². The van der Waals surface area contributed by atoms with Crippen LogP contribution in [0, 0.1) is 17.8 Å². The number of fused-ring (bicyclic) bond motifs is 3. The van der Waals surface area contributed by atoms with Crippen LogP contribution in [0.1, 0.15) is 75.5 Å². The molecular weight excluding hydrogens is 228 g/mol. The van der Waals surface area contributed by atoms with Gasteiger partial charge in [-0.3, -0.25) is 0 Å². The maximum atomic E-state index is 2.50. The van der Waals surface area contributed by atoms with Gasteiger partial charge < -0.3 is 0 Å². The highest BCUT2D eigenvalue weighted by atomic mass is 14.4. The summed E-state index contributed by atoms with van der Waals surface area (Å²) in [7, 11) is 0. The Morgan fingerprint density at radius 1 is 1.00 bits per heavy atom. The van der Waals surface area contributed by atoms with Crippen LogP contribution in [0.15, 0.2) is 18.2 Å². The molecule has 1 aromatic carbocycles. The molecule has 4 atom stereocenters. The van der Waals surface area contributed by atoms with Gasteiger partial charge >= 0.3 is 0 Å². The highest BCUT2D eigenvalue weighted by Gasteiger charge is 2.39. The molecule has 3 rings (SSSR count). The monoisotopic (exact) mass is 256 g/mol. The molecule has 0 saturated heterocycles. The van der Waals surface area contributed by atoms with Crippen LogP contribution in [0.25, 0.3) is 0 Å². The Bertz CT molecular complexity index is 457. The SMILES string of the molecule is CC(C)c1ccc2c(c1)CC[C@@H]1C(C)CC[C@H](C)[C@H]21. The summed E-state index contributed by atoms with van der Waals surface area (Å²) in [6.07, 6.45) is 5.61. The van der Waals surface area contributed by atoms with E-state index in [1.54, 1.807) is 11.1 Å². The van der Waals surface area contributed by atoms with E-state index < -0.39 is 0 Å². The van der Waals surface area contributed by atoms with E-state index in [2.05, 4.69) is 45.9 Å². The quantitative estimate of drug-likeness (QED) is 0.620. The van der Waals surface area contributed by atoms with Crippen molar-refractivity contribution in [3.05, 3.63) is 34.9 Å². The third kappa shape index (κ3) is 2.24. The Labute approximate surface area is 118 Å². The Kier molecular flexibility index (Phi) is 3.45. The minimum Gasteiger partial charge on any atom is -0.0622 e. The molecule has 0 aromatic heterocycles. The van der Waals surface area contributed by atoms with Crippen molar-refractivity contribution in [2.75, 3.05) is 0 Å². The molecule has 0 nitrogen and oxygen atoms in total. The lowest BCUT2D eigenvalue weighted by Gasteiger charge is -2.45. The maximum Gasteiger partial charge on any atom is -0.0103 e. The van der Waals surface area contributed by atoms with Gasteiger partial charge in [-0.2, -0.15) is 0 Å². The van der Waals surface area contributed by atoms with Crippen LogP contribution in [0.5, 0.6) is 0 Å². The molecule has 0 heterocycles. The van der Waals surface area contributed by atoms with E-state index >= 15 is 0 Å². The van der Waals surface area contributed by atoms with Gasteiger partial charge in [-0.15, -0.1) is 0 Å². The van der Waals surface area contributed by atoms with Gasteiger partial charge in [-0.05, 0) is 65.5 Å². The molecule has 1 aromatic rings. The normalized spacial score (nSPS) is 33.9. The van der Waals surface area contributed by atoms with Gasteiger partial charge in [-0.1, -0.05) is 52.3 Å². The smallest absolute Gasteiger partial charge is 0.0103 e. The van der Waals surface area contributed by atoms with Crippen molar-refractivity contribution >= 4 is 0 Å². The fraction of sp³-hybridized carbons (Fsp3) is 0.684. The highest BCUT2D eigenvalue weighted by Crippen LogP contribution is 2.50. The molecule has 1 saturated carbocycles. The third-order valence-electron chi connectivity index (χ3n) is 5.82. The fourth-order valence-corrected chi connectivity index (χ4v) is 4.55. The lowest BCUT2D eigenvalue weighted by Crippen LogP contribution is -2.34. The number of aryl methyl sites for hydroxylation is 1. The summed E-state index contributed by atoms with van der Waals surface area (Å²) >= 11 is 0. The van der Waals surface area contributed by atoms with Crippen molar-refractivity contribution in [3.63, 3.8) is 0 Å². The third-order valence-corrected chi connectivity index (χ3v) is 5.82. The summed E-state index contributed by atoms with van der Waals surface area (Å²) in [5.74, 6) is 4.25. The van der Waals surface area contributed by atoms with Crippen LogP contribution in [0.4, 0.5) is 0 Å². The molecule has 104 valence electrons. The van der Waals surface area contributed by atoms with Gasteiger partial charge in [0.05, 0.1) is 0 Å². The summed E-state index contributed by atoms with van der Waals surface area (Å²) in [4.78, 5) is 0. The Hall–Kier alpha value is -0.780. The second-order valence-corrected chi connectivity index (χ2v) is 7.37. The topological polar surface area (TPSA) is 0 Å². The van der Waals surface area contributed by atoms with Crippen LogP contribution in [-0.4, -0.2) is 0 Å². The summed E-state index contributed by atoms with van der Waals surface area (Å²) in [5.41, 5.74) is 4.88. The molecule has 0 aliphatic heterocycles. The van der Waals surface area contributed by atoms with Crippen molar-refractivity contribution in [2.24, 2.45) is 17.8 Å². The fourth-order valence-electron chi connectivity index (χ4n) is 4.55. The van der Waals surface area contributed by atoms with Gasteiger partial charge in [0.15, 0.2) is 0 Å². The van der Waals surface area contributed by atoms with Crippen molar-refractivity contribution in [2.45, 2.75) is 65.2 Å². The molecule has 1 unspecified atom stereocenters. The van der Waals surface area contributed by atoms with E-state index in [0.717, 1.165) is 23.7 Å². The molecule has 0 N–H and O–H groups in total. The van der Waals surface area contributed by atoms with E-state index in [-0.39, 0.29) is 0 Å². The first kappa shape index (κ1) is 13.2. The molecule has 0 radical (unpaired) electrons. The predicted molar refractivity (Wildman–Crippen MR) is 82.6 cm³/mol. The first-order valence-electron chi connectivity index (χ1n) is 8.20. The summed E-state index contributed by atoms with van der Waals surface area (Å²) < 4.78 is 0. The van der Waals surface area contributed by atoms with Crippen LogP contribution in [0.2, 0.25) is 0 Å². The van der Waals surface area contributed by atoms with E-state index in [1.165, 1.54) is 31.2 Å². The summed E-state index contributed by atoms with van der Waals surface area (Å²) in [6, 6.07) is 7.36. The predicted octanol–water partition coefficient (Wildman–Crippen LogP) is 5.52. The summed E-state index contributed by atoms with van der Waals surface area (Å²) in [5, 5.41) is 0. The van der Waals surface area contributed by atoms with Crippen LogP contribution in [-0.2, 0) is 6.42 Å². The molecular formula is C19H28. The van der Waals surface area contributed by atoms with Crippen molar-refractivity contribution in [1.82, 2.24) is 0 Å². The molecule has 0 heteroatoms. The highest BCUT2D eigenvalue weighted by molar-refractivity contribution is 5.39. The van der Waals surface area contributed by atoms with Gasteiger partial charge in [0.1, 0.15) is 0 Å². The van der Waals surface area contributed by atoms with Crippen LogP contribution >= 0.6 is 0 Å². The lowest BCUT2D eigenvalue weighted by atomic mass is 9.60. The zero-order valence-corrected chi connectivity index (χ0v) is 12.9. The average molecular weight is 256 g/mol. The van der Waals surface area contributed by atoms with Crippen molar-refractivity contribution in [3.8, 4) is 0 Å². The average Bonchev–Trinajstić information content (AvgIpc) is 2.41.